The van der Waals surface area contributed by atoms with Gasteiger partial charge >= 0.3 is 0 Å². The molecule has 0 heteroatoms. The predicted molar refractivity (Wildman–Crippen MR) is 190 cm³/mol. The third-order valence-corrected chi connectivity index (χ3v) is 9.82. The monoisotopic (exact) mass is 561 g/mol. The van der Waals surface area contributed by atoms with Gasteiger partial charge in [0.25, 0.3) is 0 Å². The number of hydrogen-bond acceptors (Lipinski definition) is 0. The summed E-state index contributed by atoms with van der Waals surface area (Å²) < 4.78 is 0. The molecule has 0 saturated carbocycles. The highest BCUT2D eigenvalue weighted by Gasteiger charge is 2.40. The second-order valence-corrected chi connectivity index (χ2v) is 15.8. The molecule has 0 nitrogen and oxygen atoms in total. The Morgan fingerprint density at radius 2 is 0.537 bits per heavy atom. The molecule has 41 heavy (non-hydrogen) atoms. The third kappa shape index (κ3) is 10.8. The fourth-order valence-electron chi connectivity index (χ4n) is 3.86. The number of rotatable bonds is 3. The maximum Gasteiger partial charge on any atom is 0.0223 e. The minimum atomic E-state index is 0. The molecule has 0 unspecified atom stereocenters. The molecular weight excluding hydrogens is 492 g/mol. The molecule has 0 bridgehead atoms. The summed E-state index contributed by atoms with van der Waals surface area (Å²) in [6.07, 6.45) is 0. The van der Waals surface area contributed by atoms with Crippen LogP contribution in [0.5, 0.6) is 0 Å². The van der Waals surface area contributed by atoms with Crippen LogP contribution >= 0.6 is 0 Å². The summed E-state index contributed by atoms with van der Waals surface area (Å²) in [4.78, 5) is 0. The summed E-state index contributed by atoms with van der Waals surface area (Å²) in [5.74, 6) is 0. The zero-order chi connectivity index (χ0) is 30.3. The van der Waals surface area contributed by atoms with Crippen LogP contribution in [0.4, 0.5) is 0 Å². The lowest BCUT2D eigenvalue weighted by Crippen LogP contribution is -2.38. The van der Waals surface area contributed by atoms with Crippen molar-refractivity contribution in [1.82, 2.24) is 0 Å². The van der Waals surface area contributed by atoms with Crippen LogP contribution in [0.25, 0.3) is 0 Å². The SMILES string of the molecule is C.C.CC(C)(C)C(C)(C)C.CC(C)(C)C(C)(C)c1ccccc1.CC(C)(C)C(C)(c1ccccc1)c1ccccc1. The Labute approximate surface area is 258 Å². The minimum Gasteiger partial charge on any atom is -0.0776 e. The van der Waals surface area contributed by atoms with Gasteiger partial charge in [0.2, 0.25) is 0 Å². The van der Waals surface area contributed by atoms with Crippen LogP contribution in [-0.2, 0) is 10.8 Å². The molecule has 0 atom stereocenters. The number of hydrogen-bond donors (Lipinski definition) is 0. The van der Waals surface area contributed by atoms with Crippen molar-refractivity contribution in [3.8, 4) is 0 Å². The summed E-state index contributed by atoms with van der Waals surface area (Å²) >= 11 is 0. The molecule has 3 rings (SSSR count). The standard InChI is InChI=1S/C18H22.C13H20.C8H18.2CH4/c1-17(2,3)18(4,15-11-7-5-8-12-15)16-13-9-6-10-14-16;1-12(2,3)13(4,5)11-9-7-6-8-10-11;1-7(2,3)8(4,5)6;;/h5-14H,1-4H3;6-10H,1-5H3;1-6H3;2*1H4. The summed E-state index contributed by atoms with van der Waals surface area (Å²) in [7, 11) is 0. The molecule has 0 aliphatic heterocycles. The van der Waals surface area contributed by atoms with E-state index in [0.717, 1.165) is 0 Å². The van der Waals surface area contributed by atoms with Crippen molar-refractivity contribution in [2.75, 3.05) is 0 Å². The maximum atomic E-state index is 2.34. The fraction of sp³-hybridized carbons (Fsp3) is 0.561. The lowest BCUT2D eigenvalue weighted by Gasteiger charge is -2.43. The second kappa shape index (κ2) is 15.2. The van der Waals surface area contributed by atoms with Gasteiger partial charge in [0.1, 0.15) is 0 Å². The Kier molecular flexibility index (Phi) is 15.1. The van der Waals surface area contributed by atoms with Gasteiger partial charge in [-0.2, -0.15) is 0 Å². The lowest BCUT2D eigenvalue weighted by molar-refractivity contribution is 0.157. The van der Waals surface area contributed by atoms with E-state index in [1.54, 1.807) is 0 Å². The van der Waals surface area contributed by atoms with Gasteiger partial charge in [0, 0.05) is 5.41 Å². The van der Waals surface area contributed by atoms with E-state index in [9.17, 15) is 0 Å². The number of benzene rings is 3. The molecule has 0 amide bonds. The van der Waals surface area contributed by atoms with Crippen molar-refractivity contribution in [3.63, 3.8) is 0 Å². The highest BCUT2D eigenvalue weighted by molar-refractivity contribution is 5.40. The summed E-state index contributed by atoms with van der Waals surface area (Å²) in [6, 6.07) is 32.3. The van der Waals surface area contributed by atoms with E-state index < -0.39 is 0 Å². The molecule has 0 spiro atoms. The molecule has 3 aromatic rings. The van der Waals surface area contributed by atoms with Gasteiger partial charge in [-0.3, -0.25) is 0 Å². The van der Waals surface area contributed by atoms with Crippen LogP contribution in [0.3, 0.4) is 0 Å². The van der Waals surface area contributed by atoms with Gasteiger partial charge in [-0.05, 0) is 43.8 Å². The predicted octanol–water partition coefficient (Wildman–Crippen LogP) is 13.4. The van der Waals surface area contributed by atoms with Crippen molar-refractivity contribution in [3.05, 3.63) is 108 Å². The summed E-state index contributed by atoms with van der Waals surface area (Å²) in [5.41, 5.74) is 5.77. The van der Waals surface area contributed by atoms with Crippen LogP contribution in [0.2, 0.25) is 0 Å². The molecule has 0 saturated heterocycles. The Morgan fingerprint density at radius 3 is 0.732 bits per heavy atom. The highest BCUT2D eigenvalue weighted by atomic mass is 14.4. The largest absolute Gasteiger partial charge is 0.0776 e. The van der Waals surface area contributed by atoms with Crippen molar-refractivity contribution in [1.29, 1.82) is 0 Å². The van der Waals surface area contributed by atoms with Crippen LogP contribution in [-0.4, -0.2) is 0 Å². The van der Waals surface area contributed by atoms with Gasteiger partial charge in [-0.25, -0.2) is 0 Å². The molecule has 232 valence electrons. The highest BCUT2D eigenvalue weighted by Crippen LogP contribution is 2.46. The van der Waals surface area contributed by atoms with Gasteiger partial charge in [0.05, 0.1) is 0 Å². The van der Waals surface area contributed by atoms with Crippen LogP contribution in [0.1, 0.15) is 135 Å². The van der Waals surface area contributed by atoms with E-state index in [-0.39, 0.29) is 31.1 Å². The van der Waals surface area contributed by atoms with E-state index in [0.29, 0.717) is 16.2 Å². The fourth-order valence-corrected chi connectivity index (χ4v) is 3.86. The molecule has 0 aliphatic carbocycles. The molecule has 0 radical (unpaired) electrons. The molecule has 0 aliphatic rings. The molecule has 3 aromatic carbocycles. The first-order valence-electron chi connectivity index (χ1n) is 14.7. The van der Waals surface area contributed by atoms with E-state index in [1.807, 2.05) is 0 Å². The lowest BCUT2D eigenvalue weighted by atomic mass is 9.60. The smallest absolute Gasteiger partial charge is 0.0223 e. The zero-order valence-electron chi connectivity index (χ0n) is 28.2. The first kappa shape index (κ1) is 40.8. The maximum absolute atomic E-state index is 2.34. The molecule has 0 fully saturated rings. The normalized spacial score (nSPS) is 12.4. The molecule has 0 N–H and O–H groups in total. The average Bonchev–Trinajstić information content (AvgIpc) is 2.83. The first-order chi connectivity index (χ1) is 17.6. The van der Waals surface area contributed by atoms with Gasteiger partial charge < -0.3 is 0 Å². The van der Waals surface area contributed by atoms with Crippen molar-refractivity contribution >= 4 is 0 Å². The van der Waals surface area contributed by atoms with Crippen LogP contribution < -0.4 is 0 Å². The van der Waals surface area contributed by atoms with Gasteiger partial charge in [-0.15, -0.1) is 0 Å². The Hall–Kier alpha value is -2.34. The topological polar surface area (TPSA) is 0 Å². The quantitative estimate of drug-likeness (QED) is 0.299. The molecule has 0 aromatic heterocycles. The molecular formula is C41H68. The van der Waals surface area contributed by atoms with E-state index in [1.165, 1.54) is 16.7 Å². The summed E-state index contributed by atoms with van der Waals surface area (Å²) in [6.45, 7) is 34.4. The Bertz CT molecular complexity index is 1020. The van der Waals surface area contributed by atoms with E-state index in [2.05, 4.69) is 195 Å². The first-order valence-corrected chi connectivity index (χ1v) is 14.7. The van der Waals surface area contributed by atoms with Crippen molar-refractivity contribution in [2.45, 2.75) is 130 Å². The Balaban J connectivity index is 0. The Morgan fingerprint density at radius 1 is 0.293 bits per heavy atom. The van der Waals surface area contributed by atoms with Gasteiger partial charge in [-0.1, -0.05) is 210 Å². The summed E-state index contributed by atoms with van der Waals surface area (Å²) in [5, 5.41) is 0. The second-order valence-electron chi connectivity index (χ2n) is 15.8. The van der Waals surface area contributed by atoms with Crippen LogP contribution in [0, 0.1) is 21.7 Å². The van der Waals surface area contributed by atoms with E-state index in [4.69, 9.17) is 0 Å². The van der Waals surface area contributed by atoms with Crippen molar-refractivity contribution in [2.24, 2.45) is 21.7 Å². The third-order valence-electron chi connectivity index (χ3n) is 9.82. The average molecular weight is 561 g/mol. The minimum absolute atomic E-state index is 0. The zero-order valence-corrected chi connectivity index (χ0v) is 28.2. The van der Waals surface area contributed by atoms with Crippen molar-refractivity contribution < 1.29 is 0 Å². The van der Waals surface area contributed by atoms with Crippen LogP contribution in [0.15, 0.2) is 91.0 Å². The van der Waals surface area contributed by atoms with E-state index >= 15 is 0 Å². The molecule has 0 heterocycles. The van der Waals surface area contributed by atoms with Gasteiger partial charge in [0.15, 0.2) is 0 Å².